The molecule has 0 saturated carbocycles. The van der Waals surface area contributed by atoms with Crippen LogP contribution >= 0.6 is 0 Å². The highest BCUT2D eigenvalue weighted by atomic mass is 32.2. The molecule has 0 radical (unpaired) electrons. The molecule has 5 nitrogen and oxygen atoms in total. The Kier molecular flexibility index (Phi) is 5.17. The Hall–Kier alpha value is -0.170. The van der Waals surface area contributed by atoms with Crippen molar-refractivity contribution in [1.82, 2.24) is 13.9 Å². The molecule has 6 heteroatoms. The highest BCUT2D eigenvalue weighted by Gasteiger charge is 2.24. The molecule has 1 heterocycles. The first-order valence-corrected chi connectivity index (χ1v) is 7.40. The molecule has 1 aliphatic rings. The van der Waals surface area contributed by atoms with Gasteiger partial charge < -0.3 is 0 Å². The van der Waals surface area contributed by atoms with Crippen molar-refractivity contribution in [3.05, 3.63) is 0 Å². The fourth-order valence-corrected chi connectivity index (χ4v) is 3.18. The molecule has 0 amide bonds. The lowest BCUT2D eigenvalue weighted by atomic mass is 10.3. The van der Waals surface area contributed by atoms with E-state index in [0.717, 1.165) is 19.5 Å². The molecule has 1 fully saturated rings. The molecule has 0 atom stereocenters. The molecule has 0 aromatic heterocycles. The molecule has 0 bridgehead atoms. The van der Waals surface area contributed by atoms with E-state index in [9.17, 15) is 8.42 Å². The van der Waals surface area contributed by atoms with Gasteiger partial charge in [-0.2, -0.15) is 12.7 Å². The Balaban J connectivity index is 2.60. The van der Waals surface area contributed by atoms with Crippen molar-refractivity contribution >= 4 is 10.2 Å². The first-order chi connectivity index (χ1) is 7.47. The van der Waals surface area contributed by atoms with Gasteiger partial charge in [-0.15, -0.1) is 0 Å². The van der Waals surface area contributed by atoms with Crippen molar-refractivity contribution in [2.75, 3.05) is 32.7 Å². The monoisotopic (exact) mass is 249 g/mol. The molecule has 0 aromatic carbocycles. The van der Waals surface area contributed by atoms with Gasteiger partial charge in [0.05, 0.1) is 0 Å². The van der Waals surface area contributed by atoms with Crippen molar-refractivity contribution in [2.45, 2.75) is 33.2 Å². The molecule has 16 heavy (non-hydrogen) atoms. The zero-order valence-corrected chi connectivity index (χ0v) is 11.3. The first kappa shape index (κ1) is 13.9. The minimum atomic E-state index is -3.25. The second-order valence-corrected chi connectivity index (χ2v) is 6.14. The van der Waals surface area contributed by atoms with Gasteiger partial charge in [-0.25, -0.2) is 4.72 Å². The van der Waals surface area contributed by atoms with E-state index >= 15 is 0 Å². The van der Waals surface area contributed by atoms with Crippen LogP contribution in [0.3, 0.4) is 0 Å². The lowest BCUT2D eigenvalue weighted by Crippen LogP contribution is -2.43. The summed E-state index contributed by atoms with van der Waals surface area (Å²) in [5.41, 5.74) is 0. The number of nitrogens with zero attached hydrogens (tertiary/aromatic N) is 2. The minimum Gasteiger partial charge on any atom is -0.300 e. The second kappa shape index (κ2) is 5.95. The lowest BCUT2D eigenvalue weighted by molar-refractivity contribution is 0.233. The van der Waals surface area contributed by atoms with Gasteiger partial charge in [0.15, 0.2) is 0 Å². The standard InChI is InChI=1S/C10H23N3O2S/c1-4-11-16(14,15)13-7-5-6-12(8-9-13)10(2)3/h10-11H,4-9H2,1-3H3. The third-order valence-corrected chi connectivity index (χ3v) is 4.58. The van der Waals surface area contributed by atoms with Crippen LogP contribution in [0.5, 0.6) is 0 Å². The summed E-state index contributed by atoms with van der Waals surface area (Å²) in [4.78, 5) is 2.32. The van der Waals surface area contributed by atoms with Crippen molar-refractivity contribution in [3.8, 4) is 0 Å². The summed E-state index contributed by atoms with van der Waals surface area (Å²) in [7, 11) is -3.25. The van der Waals surface area contributed by atoms with E-state index in [1.165, 1.54) is 0 Å². The summed E-state index contributed by atoms with van der Waals surface area (Å²) >= 11 is 0. The molecule has 1 N–H and O–H groups in total. The van der Waals surface area contributed by atoms with Crippen LogP contribution in [0.4, 0.5) is 0 Å². The molecule has 1 rings (SSSR count). The molecule has 1 saturated heterocycles. The van der Waals surface area contributed by atoms with Gasteiger partial charge in [0.25, 0.3) is 10.2 Å². The van der Waals surface area contributed by atoms with Gasteiger partial charge in [-0.1, -0.05) is 6.92 Å². The van der Waals surface area contributed by atoms with Crippen LogP contribution < -0.4 is 4.72 Å². The molecule has 0 aromatic rings. The van der Waals surface area contributed by atoms with Gasteiger partial charge in [0.2, 0.25) is 0 Å². The Morgan fingerprint density at radius 3 is 2.44 bits per heavy atom. The van der Waals surface area contributed by atoms with Crippen molar-refractivity contribution in [1.29, 1.82) is 0 Å². The van der Waals surface area contributed by atoms with Crippen LogP contribution in [0.1, 0.15) is 27.2 Å². The molecule has 0 spiro atoms. The number of rotatable bonds is 4. The molecular weight excluding hydrogens is 226 g/mol. The highest BCUT2D eigenvalue weighted by molar-refractivity contribution is 7.87. The normalized spacial score (nSPS) is 21.2. The van der Waals surface area contributed by atoms with E-state index in [2.05, 4.69) is 23.5 Å². The highest BCUT2D eigenvalue weighted by Crippen LogP contribution is 2.09. The predicted molar refractivity (Wildman–Crippen MR) is 65.5 cm³/mol. The van der Waals surface area contributed by atoms with Crippen molar-refractivity contribution in [3.63, 3.8) is 0 Å². The van der Waals surface area contributed by atoms with Crippen LogP contribution in [0.25, 0.3) is 0 Å². The van der Waals surface area contributed by atoms with E-state index in [-0.39, 0.29) is 0 Å². The van der Waals surface area contributed by atoms with E-state index in [4.69, 9.17) is 0 Å². The van der Waals surface area contributed by atoms with Gasteiger partial charge in [-0.3, -0.25) is 4.90 Å². The zero-order valence-electron chi connectivity index (χ0n) is 10.4. The molecule has 0 aliphatic carbocycles. The van der Waals surface area contributed by atoms with Crippen molar-refractivity contribution < 1.29 is 8.42 Å². The number of hydrogen-bond acceptors (Lipinski definition) is 3. The second-order valence-electron chi connectivity index (χ2n) is 4.39. The summed E-state index contributed by atoms with van der Waals surface area (Å²) in [6.45, 7) is 9.57. The fourth-order valence-electron chi connectivity index (χ4n) is 1.94. The first-order valence-electron chi connectivity index (χ1n) is 5.96. The average molecular weight is 249 g/mol. The van der Waals surface area contributed by atoms with Gasteiger partial charge in [-0.05, 0) is 26.8 Å². The molecule has 96 valence electrons. The smallest absolute Gasteiger partial charge is 0.279 e. The topological polar surface area (TPSA) is 52.7 Å². The maximum absolute atomic E-state index is 11.8. The van der Waals surface area contributed by atoms with Gasteiger partial charge >= 0.3 is 0 Å². The van der Waals surface area contributed by atoms with E-state index in [0.29, 0.717) is 25.7 Å². The third kappa shape index (κ3) is 3.69. The zero-order chi connectivity index (χ0) is 12.2. The lowest BCUT2D eigenvalue weighted by Gasteiger charge is -2.24. The summed E-state index contributed by atoms with van der Waals surface area (Å²) < 4.78 is 27.7. The molecule has 1 aliphatic heterocycles. The van der Waals surface area contributed by atoms with Crippen molar-refractivity contribution in [2.24, 2.45) is 0 Å². The van der Waals surface area contributed by atoms with Crippen LogP contribution in [0.15, 0.2) is 0 Å². The number of hydrogen-bond donors (Lipinski definition) is 1. The van der Waals surface area contributed by atoms with E-state index in [1.807, 2.05) is 0 Å². The maximum atomic E-state index is 11.8. The van der Waals surface area contributed by atoms with Crippen LogP contribution in [-0.4, -0.2) is 56.4 Å². The Labute approximate surface area is 99.0 Å². The van der Waals surface area contributed by atoms with E-state index < -0.39 is 10.2 Å². The third-order valence-electron chi connectivity index (χ3n) is 2.89. The quantitative estimate of drug-likeness (QED) is 0.777. The summed E-state index contributed by atoms with van der Waals surface area (Å²) in [5, 5.41) is 0. The van der Waals surface area contributed by atoms with E-state index in [1.54, 1.807) is 11.2 Å². The summed E-state index contributed by atoms with van der Waals surface area (Å²) in [6, 6.07) is 0.488. The van der Waals surface area contributed by atoms with Gasteiger partial charge in [0, 0.05) is 32.2 Å². The Bertz CT molecular complexity index is 303. The van der Waals surface area contributed by atoms with Crippen LogP contribution in [0.2, 0.25) is 0 Å². The summed E-state index contributed by atoms with van der Waals surface area (Å²) in [5.74, 6) is 0. The summed E-state index contributed by atoms with van der Waals surface area (Å²) in [6.07, 6.45) is 0.906. The van der Waals surface area contributed by atoms with Crippen LogP contribution in [-0.2, 0) is 10.2 Å². The number of nitrogens with one attached hydrogen (secondary N) is 1. The average Bonchev–Trinajstić information content (AvgIpc) is 2.42. The SMILES string of the molecule is CCNS(=O)(=O)N1CCCN(C(C)C)CC1. The van der Waals surface area contributed by atoms with Crippen LogP contribution in [0, 0.1) is 0 Å². The molecular formula is C10H23N3O2S. The Morgan fingerprint density at radius 1 is 1.19 bits per heavy atom. The van der Waals surface area contributed by atoms with Gasteiger partial charge in [0.1, 0.15) is 0 Å². The fraction of sp³-hybridized carbons (Fsp3) is 1.00. The maximum Gasteiger partial charge on any atom is 0.279 e. The minimum absolute atomic E-state index is 0.451. The molecule has 0 unspecified atom stereocenters. The predicted octanol–water partition coefficient (Wildman–Crippen LogP) is 0.257. The largest absolute Gasteiger partial charge is 0.300 e. The Morgan fingerprint density at radius 2 is 1.88 bits per heavy atom.